The monoisotopic (exact) mass is 790 g/mol. The predicted molar refractivity (Wildman–Crippen MR) is 227 cm³/mol. The topological polar surface area (TPSA) is 169 Å². The van der Waals surface area contributed by atoms with E-state index < -0.39 is 5.97 Å². The second kappa shape index (κ2) is 17.1. The number of anilines is 2. The van der Waals surface area contributed by atoms with E-state index in [9.17, 15) is 9.59 Å². The van der Waals surface area contributed by atoms with E-state index in [1.54, 1.807) is 17.1 Å². The number of nitrogens with zero attached hydrogens (tertiary/aromatic N) is 10. The van der Waals surface area contributed by atoms with E-state index in [1.165, 1.54) is 18.0 Å². The number of carbonyl (C=O) groups excluding carboxylic acids is 1. The number of fused-ring (bicyclic) bond motifs is 2. The normalized spacial score (nSPS) is 16.1. The molecule has 15 heteroatoms. The fourth-order valence-electron chi connectivity index (χ4n) is 7.43. The first kappa shape index (κ1) is 38.6. The summed E-state index contributed by atoms with van der Waals surface area (Å²) in [4.78, 5) is 45.2. The maximum absolute atomic E-state index is 12.7. The number of imidazole rings is 2. The molecule has 0 radical (unpaired) electrons. The van der Waals surface area contributed by atoms with E-state index in [-0.39, 0.29) is 23.7 Å². The Bertz CT molecular complexity index is 2680. The quantitative estimate of drug-likeness (QED) is 0.185. The van der Waals surface area contributed by atoms with Crippen LogP contribution in [0.1, 0.15) is 45.2 Å². The Kier molecular flexibility index (Phi) is 11.2. The molecule has 6 aromatic heterocycles. The fraction of sp³-hybridized carbons (Fsp3) is 0.227. The van der Waals surface area contributed by atoms with Crippen molar-refractivity contribution in [1.29, 1.82) is 0 Å². The lowest BCUT2D eigenvalue weighted by atomic mass is 10.2. The standard InChI is InChI=1S/C22H22N6O.C12H16N4.C10H8N2O2/c1-16-12-26-10-5-8-20(26)21(24-16)27-11-9-17(13-27)25-22(29)19-14-28(15-23-19)18-6-3-2-4-7-18;1-9-7-15-5-2-3-11(15)12(14-9)16-6-4-10(13)8-16;13-10(14)9-6-12(7-11-9)8-4-2-1-3-5-8/h2-8,10,12,14-15,17H,9,11,13H2,1H3,(H,25,29);2-3,5,7,10H,4,6,8,13H2,1H3;1-7H,(H,13,14)/t17-;10-;/m00./s1. The molecule has 10 rings (SSSR count). The van der Waals surface area contributed by atoms with Gasteiger partial charge in [0.15, 0.2) is 17.3 Å². The number of amides is 1. The van der Waals surface area contributed by atoms with Gasteiger partial charge in [0, 0.05) is 86.8 Å². The first-order valence-electron chi connectivity index (χ1n) is 19.6. The van der Waals surface area contributed by atoms with Gasteiger partial charge in [-0.1, -0.05) is 36.4 Å². The number of hydrogen-bond acceptors (Lipinski definition) is 9. The highest BCUT2D eigenvalue weighted by molar-refractivity contribution is 5.92. The van der Waals surface area contributed by atoms with Crippen LogP contribution >= 0.6 is 0 Å². The molecule has 300 valence electrons. The zero-order chi connectivity index (χ0) is 40.9. The summed E-state index contributed by atoms with van der Waals surface area (Å²) >= 11 is 0. The molecule has 2 atom stereocenters. The molecule has 2 fully saturated rings. The van der Waals surface area contributed by atoms with Crippen molar-refractivity contribution in [2.75, 3.05) is 36.0 Å². The lowest BCUT2D eigenvalue weighted by molar-refractivity contribution is 0.0690. The van der Waals surface area contributed by atoms with E-state index in [4.69, 9.17) is 15.8 Å². The van der Waals surface area contributed by atoms with Crippen LogP contribution in [-0.2, 0) is 0 Å². The Morgan fingerprint density at radius 3 is 1.68 bits per heavy atom. The molecule has 15 nitrogen and oxygen atoms in total. The first-order valence-corrected chi connectivity index (χ1v) is 19.6. The smallest absolute Gasteiger partial charge is 0.356 e. The van der Waals surface area contributed by atoms with Crippen LogP contribution in [0.25, 0.3) is 22.4 Å². The molecule has 0 unspecified atom stereocenters. The highest BCUT2D eigenvalue weighted by Gasteiger charge is 2.27. The van der Waals surface area contributed by atoms with Crippen molar-refractivity contribution in [2.24, 2.45) is 5.73 Å². The summed E-state index contributed by atoms with van der Waals surface area (Å²) in [5.74, 6) is 0.884. The highest BCUT2D eigenvalue weighted by Crippen LogP contribution is 2.26. The van der Waals surface area contributed by atoms with E-state index >= 15 is 0 Å². The molecule has 1 amide bonds. The maximum atomic E-state index is 12.7. The Balaban J connectivity index is 0.000000136. The van der Waals surface area contributed by atoms with Gasteiger partial charge < -0.3 is 43.9 Å². The number of aromatic nitrogens is 8. The maximum Gasteiger partial charge on any atom is 0.356 e. The SMILES string of the molecule is Cc1cn2cccc2c(N2CC[C@H](N)C2)n1.Cc1cn2cccc2c(N2CC[C@H](NC(=O)c3cn(-c4ccccc4)cn3)C2)n1.O=C(O)c1cn(-c2ccccc2)cn1. The van der Waals surface area contributed by atoms with Crippen LogP contribution in [0, 0.1) is 13.8 Å². The summed E-state index contributed by atoms with van der Waals surface area (Å²) in [5, 5.41) is 11.8. The summed E-state index contributed by atoms with van der Waals surface area (Å²) in [7, 11) is 0. The zero-order valence-electron chi connectivity index (χ0n) is 32.9. The number of aromatic carboxylic acids is 1. The molecule has 59 heavy (non-hydrogen) atoms. The Morgan fingerprint density at radius 1 is 0.661 bits per heavy atom. The summed E-state index contributed by atoms with van der Waals surface area (Å²) in [6.45, 7) is 7.55. The number of aryl methyl sites for hydroxylation is 2. The number of benzene rings is 2. The molecule has 2 aromatic carbocycles. The first-order chi connectivity index (χ1) is 28.7. The number of rotatable bonds is 7. The number of hydrogen-bond donors (Lipinski definition) is 3. The number of nitrogens with one attached hydrogen (secondary N) is 1. The average molecular weight is 791 g/mol. The third kappa shape index (κ3) is 8.84. The van der Waals surface area contributed by atoms with Gasteiger partial charge in [0.2, 0.25) is 0 Å². The summed E-state index contributed by atoms with van der Waals surface area (Å²) in [6, 6.07) is 27.9. The minimum atomic E-state index is -1.01. The Morgan fingerprint density at radius 2 is 1.17 bits per heavy atom. The molecule has 0 spiro atoms. The van der Waals surface area contributed by atoms with Crippen molar-refractivity contribution >= 4 is 34.5 Å². The Hall–Kier alpha value is -7.26. The van der Waals surface area contributed by atoms with E-state index in [0.717, 1.165) is 78.9 Å². The van der Waals surface area contributed by atoms with Crippen LogP contribution < -0.4 is 20.9 Å². The minimum Gasteiger partial charge on any atom is -0.476 e. The van der Waals surface area contributed by atoms with Crippen LogP contribution in [0.4, 0.5) is 11.6 Å². The molecule has 2 saturated heterocycles. The molecule has 8 heterocycles. The molecular weight excluding hydrogens is 745 g/mol. The van der Waals surface area contributed by atoms with Gasteiger partial charge in [-0.05, 0) is 75.2 Å². The highest BCUT2D eigenvalue weighted by atomic mass is 16.4. The van der Waals surface area contributed by atoms with Crippen molar-refractivity contribution in [2.45, 2.75) is 38.8 Å². The third-order valence-electron chi connectivity index (χ3n) is 10.3. The summed E-state index contributed by atoms with van der Waals surface area (Å²) in [6.07, 6.45) is 16.5. The fourth-order valence-corrected chi connectivity index (χ4v) is 7.43. The molecule has 4 N–H and O–H groups in total. The molecule has 0 aliphatic carbocycles. The van der Waals surface area contributed by atoms with Crippen molar-refractivity contribution in [3.05, 3.63) is 158 Å². The number of carbonyl (C=O) groups is 2. The van der Waals surface area contributed by atoms with Gasteiger partial charge in [0.1, 0.15) is 18.3 Å². The summed E-state index contributed by atoms with van der Waals surface area (Å²) in [5.41, 5.74) is 12.6. The second-order valence-electron chi connectivity index (χ2n) is 14.7. The van der Waals surface area contributed by atoms with Crippen molar-refractivity contribution in [3.63, 3.8) is 0 Å². The van der Waals surface area contributed by atoms with E-state index in [0.29, 0.717) is 5.69 Å². The predicted octanol–water partition coefficient (Wildman–Crippen LogP) is 5.59. The van der Waals surface area contributed by atoms with E-state index in [2.05, 4.69) is 69.5 Å². The lowest BCUT2D eigenvalue weighted by Gasteiger charge is -2.19. The van der Waals surface area contributed by atoms with Crippen LogP contribution in [0.3, 0.4) is 0 Å². The van der Waals surface area contributed by atoms with Crippen molar-refractivity contribution in [3.8, 4) is 11.4 Å². The zero-order valence-corrected chi connectivity index (χ0v) is 32.9. The number of carboxylic acids is 1. The Labute approximate surface area is 341 Å². The molecular formula is C44H46N12O3. The van der Waals surface area contributed by atoms with Gasteiger partial charge >= 0.3 is 5.97 Å². The van der Waals surface area contributed by atoms with Gasteiger partial charge in [-0.2, -0.15) is 0 Å². The molecule has 2 aliphatic heterocycles. The van der Waals surface area contributed by atoms with Crippen LogP contribution in [-0.4, -0.2) is 93.1 Å². The molecule has 2 aliphatic rings. The third-order valence-corrected chi connectivity index (χ3v) is 10.3. The van der Waals surface area contributed by atoms with E-state index in [1.807, 2.05) is 97.5 Å². The van der Waals surface area contributed by atoms with Gasteiger partial charge in [-0.15, -0.1) is 0 Å². The van der Waals surface area contributed by atoms with Crippen molar-refractivity contribution in [1.82, 2.24) is 43.2 Å². The number of para-hydroxylation sites is 2. The largest absolute Gasteiger partial charge is 0.476 e. The van der Waals surface area contributed by atoms with Gasteiger partial charge in [-0.3, -0.25) is 4.79 Å². The van der Waals surface area contributed by atoms with Gasteiger partial charge in [-0.25, -0.2) is 24.7 Å². The molecule has 0 bridgehead atoms. The van der Waals surface area contributed by atoms with Crippen LogP contribution in [0.15, 0.2) is 135 Å². The molecule has 8 aromatic rings. The number of carboxylic acid groups (broad SMARTS) is 1. The van der Waals surface area contributed by atoms with Crippen molar-refractivity contribution < 1.29 is 14.7 Å². The summed E-state index contributed by atoms with van der Waals surface area (Å²) < 4.78 is 7.75. The second-order valence-corrected chi connectivity index (χ2v) is 14.7. The molecule has 0 saturated carbocycles. The van der Waals surface area contributed by atoms with Gasteiger partial charge in [0.25, 0.3) is 5.91 Å². The average Bonchev–Trinajstić information content (AvgIpc) is 4.10. The minimum absolute atomic E-state index is 0.0499. The van der Waals surface area contributed by atoms with Crippen LogP contribution in [0.5, 0.6) is 0 Å². The number of nitrogens with two attached hydrogens (primary N) is 1. The lowest BCUT2D eigenvalue weighted by Crippen LogP contribution is -2.37. The van der Waals surface area contributed by atoms with Gasteiger partial charge in [0.05, 0.1) is 22.4 Å². The van der Waals surface area contributed by atoms with Crippen LogP contribution in [0.2, 0.25) is 0 Å².